The number of nitrogens with one attached hydrogen (secondary N) is 1. The number of nitrogens with zero attached hydrogens (tertiary/aromatic N) is 3. The fourth-order valence-electron chi connectivity index (χ4n) is 3.29. The molecule has 3 amide bonds. The zero-order valence-corrected chi connectivity index (χ0v) is 17.7. The van der Waals surface area contributed by atoms with E-state index in [2.05, 4.69) is 10.4 Å². The lowest BCUT2D eigenvalue weighted by molar-refractivity contribution is -0.129. The molecule has 0 radical (unpaired) electrons. The maximum absolute atomic E-state index is 13.1. The lowest BCUT2D eigenvalue weighted by Crippen LogP contribution is -2.45. The number of carbonyl (C=O) groups excluding carboxylic acids is 3. The molecule has 1 aliphatic rings. The van der Waals surface area contributed by atoms with Crippen molar-refractivity contribution in [2.45, 2.75) is 26.2 Å². The Morgan fingerprint density at radius 3 is 2.52 bits per heavy atom. The standard InChI is InChI=1S/C23H26N4O4/c1-3-15-26(16-21(28)24-18-11-7-8-12-20(18)31-2)23(30)19-13-14-22(29)27(25-19)17-9-5-4-6-10-17/h4-12H,3,13-16H2,1-2H3,(H,24,28). The third-order valence-corrected chi connectivity index (χ3v) is 4.78. The highest BCUT2D eigenvalue weighted by Gasteiger charge is 2.29. The van der Waals surface area contributed by atoms with Gasteiger partial charge in [-0.3, -0.25) is 14.4 Å². The van der Waals surface area contributed by atoms with E-state index in [0.29, 0.717) is 30.1 Å². The van der Waals surface area contributed by atoms with Crippen molar-refractivity contribution >= 4 is 34.8 Å². The van der Waals surface area contributed by atoms with Crippen LogP contribution >= 0.6 is 0 Å². The highest BCUT2D eigenvalue weighted by atomic mass is 16.5. The molecule has 0 aliphatic carbocycles. The minimum atomic E-state index is -0.342. The van der Waals surface area contributed by atoms with Gasteiger partial charge in [-0.15, -0.1) is 0 Å². The second kappa shape index (κ2) is 10.4. The first-order valence-electron chi connectivity index (χ1n) is 10.2. The van der Waals surface area contributed by atoms with E-state index in [1.54, 1.807) is 42.5 Å². The molecule has 0 bridgehead atoms. The van der Waals surface area contributed by atoms with Gasteiger partial charge in [-0.2, -0.15) is 5.10 Å². The molecule has 1 N–H and O–H groups in total. The van der Waals surface area contributed by atoms with Gasteiger partial charge in [0.25, 0.3) is 5.91 Å². The van der Waals surface area contributed by atoms with Crippen molar-refractivity contribution in [1.82, 2.24) is 4.90 Å². The summed E-state index contributed by atoms with van der Waals surface area (Å²) in [5, 5.41) is 8.36. The number of methoxy groups -OCH3 is 1. The molecule has 8 heteroatoms. The third kappa shape index (κ3) is 5.48. The molecule has 1 aliphatic heterocycles. The maximum Gasteiger partial charge on any atom is 0.270 e. The van der Waals surface area contributed by atoms with Gasteiger partial charge >= 0.3 is 0 Å². The fourth-order valence-corrected chi connectivity index (χ4v) is 3.29. The first-order chi connectivity index (χ1) is 15.0. The van der Waals surface area contributed by atoms with E-state index in [9.17, 15) is 14.4 Å². The molecule has 0 aromatic heterocycles. The van der Waals surface area contributed by atoms with Crippen LogP contribution in [-0.2, 0) is 14.4 Å². The second-order valence-electron chi connectivity index (χ2n) is 7.06. The Morgan fingerprint density at radius 2 is 1.81 bits per heavy atom. The monoisotopic (exact) mass is 422 g/mol. The number of para-hydroxylation sites is 3. The van der Waals surface area contributed by atoms with Crippen LogP contribution in [0.4, 0.5) is 11.4 Å². The molecule has 0 saturated heterocycles. The van der Waals surface area contributed by atoms with E-state index < -0.39 is 0 Å². The summed E-state index contributed by atoms with van der Waals surface area (Å²) in [6.07, 6.45) is 1.12. The maximum atomic E-state index is 13.1. The molecule has 0 unspecified atom stereocenters. The molecule has 1 heterocycles. The second-order valence-corrected chi connectivity index (χ2v) is 7.06. The number of hydrogen-bond donors (Lipinski definition) is 1. The Balaban J connectivity index is 1.75. The average molecular weight is 422 g/mol. The van der Waals surface area contributed by atoms with Crippen molar-refractivity contribution in [3.63, 3.8) is 0 Å². The lowest BCUT2D eigenvalue weighted by atomic mass is 10.1. The first-order valence-corrected chi connectivity index (χ1v) is 10.2. The van der Waals surface area contributed by atoms with Gasteiger partial charge in [-0.25, -0.2) is 5.01 Å². The Morgan fingerprint density at radius 1 is 1.10 bits per heavy atom. The van der Waals surface area contributed by atoms with E-state index in [-0.39, 0.29) is 42.8 Å². The molecule has 3 rings (SSSR count). The molecule has 0 atom stereocenters. The number of rotatable bonds is 8. The van der Waals surface area contributed by atoms with Gasteiger partial charge in [0.1, 0.15) is 18.0 Å². The number of hydrazone groups is 1. The smallest absolute Gasteiger partial charge is 0.270 e. The van der Waals surface area contributed by atoms with Crippen LogP contribution in [0.5, 0.6) is 5.75 Å². The molecular formula is C23H26N4O4. The lowest BCUT2D eigenvalue weighted by Gasteiger charge is -2.27. The average Bonchev–Trinajstić information content (AvgIpc) is 2.79. The first kappa shape index (κ1) is 22.0. The Labute approximate surface area is 181 Å². The summed E-state index contributed by atoms with van der Waals surface area (Å²) in [4.78, 5) is 39.5. The number of anilines is 2. The fraction of sp³-hybridized carbons (Fsp3) is 0.304. The predicted molar refractivity (Wildman–Crippen MR) is 119 cm³/mol. The van der Waals surface area contributed by atoms with Gasteiger partial charge in [0.15, 0.2) is 0 Å². The molecule has 0 spiro atoms. The number of amides is 3. The minimum absolute atomic E-state index is 0.122. The van der Waals surface area contributed by atoms with Crippen LogP contribution in [0.2, 0.25) is 0 Å². The Kier molecular flexibility index (Phi) is 7.37. The van der Waals surface area contributed by atoms with Gasteiger partial charge in [0, 0.05) is 19.4 Å². The van der Waals surface area contributed by atoms with Gasteiger partial charge in [0.05, 0.1) is 18.5 Å². The Bertz CT molecular complexity index is 975. The van der Waals surface area contributed by atoms with E-state index in [1.807, 2.05) is 19.1 Å². The molecular weight excluding hydrogens is 396 g/mol. The van der Waals surface area contributed by atoms with Gasteiger partial charge in [-0.1, -0.05) is 37.3 Å². The third-order valence-electron chi connectivity index (χ3n) is 4.78. The van der Waals surface area contributed by atoms with Crippen molar-refractivity contribution in [3.8, 4) is 5.75 Å². The number of ether oxygens (including phenoxy) is 1. The summed E-state index contributed by atoms with van der Waals surface area (Å²) in [6.45, 7) is 2.21. The predicted octanol–water partition coefficient (Wildman–Crippen LogP) is 3.06. The molecule has 8 nitrogen and oxygen atoms in total. The van der Waals surface area contributed by atoms with E-state index >= 15 is 0 Å². The number of carbonyl (C=O) groups is 3. The number of hydrogen-bond acceptors (Lipinski definition) is 5. The van der Waals surface area contributed by atoms with Crippen LogP contribution in [0.1, 0.15) is 26.2 Å². The zero-order chi connectivity index (χ0) is 22.2. The number of benzene rings is 2. The Hall–Kier alpha value is -3.68. The molecule has 162 valence electrons. The summed E-state index contributed by atoms with van der Waals surface area (Å²) < 4.78 is 5.25. The van der Waals surface area contributed by atoms with Crippen molar-refractivity contribution in [3.05, 3.63) is 54.6 Å². The van der Waals surface area contributed by atoms with Gasteiger partial charge < -0.3 is 15.0 Å². The zero-order valence-electron chi connectivity index (χ0n) is 17.7. The van der Waals surface area contributed by atoms with Crippen LogP contribution < -0.4 is 15.1 Å². The summed E-state index contributed by atoms with van der Waals surface area (Å²) in [6, 6.07) is 16.1. The molecule has 2 aromatic carbocycles. The van der Waals surface area contributed by atoms with E-state index in [4.69, 9.17) is 4.74 Å². The summed E-state index contributed by atoms with van der Waals surface area (Å²) in [5.74, 6) is -0.305. The van der Waals surface area contributed by atoms with Crippen molar-refractivity contribution in [1.29, 1.82) is 0 Å². The summed E-state index contributed by atoms with van der Waals surface area (Å²) in [5.41, 5.74) is 1.41. The van der Waals surface area contributed by atoms with Crippen LogP contribution in [-0.4, -0.2) is 48.5 Å². The van der Waals surface area contributed by atoms with Crippen molar-refractivity contribution in [2.24, 2.45) is 5.10 Å². The summed E-state index contributed by atoms with van der Waals surface area (Å²) >= 11 is 0. The highest BCUT2D eigenvalue weighted by molar-refractivity contribution is 6.40. The molecule has 31 heavy (non-hydrogen) atoms. The van der Waals surface area contributed by atoms with Gasteiger partial charge in [-0.05, 0) is 30.7 Å². The van der Waals surface area contributed by atoms with E-state index in [1.165, 1.54) is 17.0 Å². The minimum Gasteiger partial charge on any atom is -0.495 e. The summed E-state index contributed by atoms with van der Waals surface area (Å²) in [7, 11) is 1.53. The van der Waals surface area contributed by atoms with Crippen molar-refractivity contribution in [2.75, 3.05) is 30.5 Å². The van der Waals surface area contributed by atoms with Crippen LogP contribution in [0.25, 0.3) is 0 Å². The largest absolute Gasteiger partial charge is 0.495 e. The SMILES string of the molecule is CCCN(CC(=O)Nc1ccccc1OC)C(=O)C1=NN(c2ccccc2)C(=O)CC1. The normalized spacial score (nSPS) is 13.4. The molecule has 0 saturated carbocycles. The van der Waals surface area contributed by atoms with Crippen LogP contribution in [0.15, 0.2) is 59.7 Å². The molecule has 0 fully saturated rings. The van der Waals surface area contributed by atoms with Crippen LogP contribution in [0, 0.1) is 0 Å². The van der Waals surface area contributed by atoms with E-state index in [0.717, 1.165) is 0 Å². The van der Waals surface area contributed by atoms with Gasteiger partial charge in [0.2, 0.25) is 11.8 Å². The highest BCUT2D eigenvalue weighted by Crippen LogP contribution is 2.23. The molecule has 2 aromatic rings. The topological polar surface area (TPSA) is 91.3 Å². The quantitative estimate of drug-likeness (QED) is 0.708. The van der Waals surface area contributed by atoms with Crippen LogP contribution in [0.3, 0.4) is 0 Å². The van der Waals surface area contributed by atoms with Crippen molar-refractivity contribution < 1.29 is 19.1 Å².